The number of halogens is 2. The molecule has 7 heteroatoms. The van der Waals surface area contributed by atoms with Crippen molar-refractivity contribution in [2.45, 2.75) is 39.0 Å². The summed E-state index contributed by atoms with van der Waals surface area (Å²) in [7, 11) is -4.60. The van der Waals surface area contributed by atoms with Gasteiger partial charge in [0.25, 0.3) is 10.0 Å². The highest BCUT2D eigenvalue weighted by Gasteiger charge is 2.32. The van der Waals surface area contributed by atoms with Gasteiger partial charge in [-0.15, -0.1) is 0 Å². The molecular weight excluding hydrogens is 228 g/mol. The molecule has 15 heavy (non-hydrogen) atoms. The number of nitrogens with one attached hydrogen (secondary N) is 1. The summed E-state index contributed by atoms with van der Waals surface area (Å²) in [5, 5.41) is 8.71. The topological polar surface area (TPSA) is 66.4 Å². The molecule has 0 aromatic rings. The molecule has 0 bridgehead atoms. The van der Waals surface area contributed by atoms with Gasteiger partial charge in [-0.3, -0.25) is 0 Å². The molecule has 0 radical (unpaired) electrons. The molecule has 0 aliphatic rings. The predicted octanol–water partition coefficient (Wildman–Crippen LogP) is 0.926. The van der Waals surface area contributed by atoms with Crippen LogP contribution < -0.4 is 4.72 Å². The van der Waals surface area contributed by atoms with Crippen LogP contribution in [0.5, 0.6) is 0 Å². The van der Waals surface area contributed by atoms with Gasteiger partial charge in [-0.05, 0) is 11.8 Å². The lowest BCUT2D eigenvalue weighted by Crippen LogP contribution is -2.46. The van der Waals surface area contributed by atoms with E-state index in [1.807, 2.05) is 4.72 Å². The maximum absolute atomic E-state index is 12.1. The van der Waals surface area contributed by atoms with E-state index >= 15 is 0 Å². The molecule has 0 heterocycles. The first-order valence-electron chi connectivity index (χ1n) is 4.51. The van der Waals surface area contributed by atoms with Gasteiger partial charge in [-0.25, -0.2) is 13.1 Å². The summed E-state index contributed by atoms with van der Waals surface area (Å²) in [5.74, 6) is -3.44. The van der Waals surface area contributed by atoms with E-state index in [0.29, 0.717) is 0 Å². The Kier molecular flexibility index (Phi) is 5.08. The zero-order chi connectivity index (χ0) is 12.3. The fraction of sp³-hybridized carbons (Fsp3) is 1.00. The van der Waals surface area contributed by atoms with E-state index in [1.54, 1.807) is 20.8 Å². The van der Waals surface area contributed by atoms with E-state index in [0.717, 1.165) is 0 Å². The summed E-state index contributed by atoms with van der Waals surface area (Å²) in [6, 6.07) is -0.707. The lowest BCUT2D eigenvalue weighted by molar-refractivity contribution is 0.202. The van der Waals surface area contributed by atoms with E-state index in [2.05, 4.69) is 0 Å². The zero-order valence-electron chi connectivity index (χ0n) is 9.00. The van der Waals surface area contributed by atoms with Gasteiger partial charge in [0.05, 0.1) is 0 Å². The molecule has 0 aromatic carbocycles. The molecule has 0 aliphatic carbocycles. The smallest absolute Gasteiger partial charge is 0.350 e. The summed E-state index contributed by atoms with van der Waals surface area (Å²) in [6.45, 7) is 4.87. The number of sulfonamides is 1. The summed E-state index contributed by atoms with van der Waals surface area (Å²) in [6.07, 6.45) is 0.107. The fourth-order valence-corrected chi connectivity index (χ4v) is 2.02. The van der Waals surface area contributed by atoms with Crippen LogP contribution in [0.25, 0.3) is 0 Å². The fourth-order valence-electron chi connectivity index (χ4n) is 1.05. The first-order chi connectivity index (χ1) is 6.61. The minimum atomic E-state index is -4.60. The summed E-state index contributed by atoms with van der Waals surface area (Å²) in [4.78, 5) is 0. The van der Waals surface area contributed by atoms with E-state index in [4.69, 9.17) is 5.11 Å². The minimum absolute atomic E-state index is 0.107. The van der Waals surface area contributed by atoms with Gasteiger partial charge in [0, 0.05) is 12.6 Å². The summed E-state index contributed by atoms with van der Waals surface area (Å²) >= 11 is 0. The average molecular weight is 245 g/mol. The summed E-state index contributed by atoms with van der Waals surface area (Å²) < 4.78 is 47.9. The van der Waals surface area contributed by atoms with Crippen LogP contribution in [-0.4, -0.2) is 31.9 Å². The highest BCUT2D eigenvalue weighted by molar-refractivity contribution is 7.89. The molecular formula is C8H17F2NO3S. The molecule has 0 saturated heterocycles. The van der Waals surface area contributed by atoms with Gasteiger partial charge in [0.1, 0.15) is 0 Å². The Morgan fingerprint density at radius 3 is 2.07 bits per heavy atom. The van der Waals surface area contributed by atoms with Crippen LogP contribution in [0.2, 0.25) is 0 Å². The lowest BCUT2D eigenvalue weighted by Gasteiger charge is -2.30. The molecule has 4 nitrogen and oxygen atoms in total. The molecule has 0 spiro atoms. The Morgan fingerprint density at radius 2 is 1.80 bits per heavy atom. The van der Waals surface area contributed by atoms with E-state index < -0.39 is 27.2 Å². The van der Waals surface area contributed by atoms with Gasteiger partial charge in [0.2, 0.25) is 0 Å². The van der Waals surface area contributed by atoms with E-state index in [9.17, 15) is 17.2 Å². The van der Waals surface area contributed by atoms with Crippen molar-refractivity contribution in [1.82, 2.24) is 4.72 Å². The van der Waals surface area contributed by atoms with Gasteiger partial charge in [-0.1, -0.05) is 20.8 Å². The average Bonchev–Trinajstić information content (AvgIpc) is 2.01. The van der Waals surface area contributed by atoms with Crippen LogP contribution in [0.1, 0.15) is 27.2 Å². The number of hydrogen-bond acceptors (Lipinski definition) is 3. The first kappa shape index (κ1) is 14.7. The van der Waals surface area contributed by atoms with Crippen molar-refractivity contribution in [3.8, 4) is 0 Å². The van der Waals surface area contributed by atoms with E-state index in [1.165, 1.54) is 0 Å². The minimum Gasteiger partial charge on any atom is -0.396 e. The normalized spacial score (nSPS) is 15.7. The number of aliphatic hydroxyl groups is 1. The predicted molar refractivity (Wildman–Crippen MR) is 53.0 cm³/mol. The van der Waals surface area contributed by atoms with Crippen LogP contribution in [0.15, 0.2) is 0 Å². The zero-order valence-corrected chi connectivity index (χ0v) is 9.81. The molecule has 0 saturated carbocycles. The number of alkyl halides is 2. The molecule has 0 aromatic heterocycles. The molecule has 2 N–H and O–H groups in total. The molecule has 0 amide bonds. The van der Waals surface area contributed by atoms with E-state index in [-0.39, 0.29) is 13.0 Å². The Bertz CT molecular complexity index is 285. The van der Waals surface area contributed by atoms with Crippen LogP contribution in [0.4, 0.5) is 8.78 Å². The van der Waals surface area contributed by atoms with Crippen molar-refractivity contribution < 1.29 is 22.3 Å². The molecule has 0 rings (SSSR count). The van der Waals surface area contributed by atoms with Crippen molar-refractivity contribution in [3.63, 3.8) is 0 Å². The number of rotatable bonds is 5. The highest BCUT2D eigenvalue weighted by atomic mass is 32.2. The number of hydrogen-bond donors (Lipinski definition) is 2. The van der Waals surface area contributed by atoms with Crippen molar-refractivity contribution in [3.05, 3.63) is 0 Å². The van der Waals surface area contributed by atoms with Crippen molar-refractivity contribution >= 4 is 10.0 Å². The van der Waals surface area contributed by atoms with Gasteiger partial charge in [-0.2, -0.15) is 8.78 Å². The number of aliphatic hydroxyl groups excluding tert-OH is 1. The second-order valence-electron chi connectivity index (χ2n) is 4.35. The molecule has 1 unspecified atom stereocenters. The standard InChI is InChI=1S/C8H17F2NO3S/c1-8(2,3)6(4-5-12)11-15(13,14)7(9)10/h6-7,11-12H,4-5H2,1-3H3. The van der Waals surface area contributed by atoms with Crippen LogP contribution in [0, 0.1) is 5.41 Å². The van der Waals surface area contributed by atoms with Crippen LogP contribution in [0.3, 0.4) is 0 Å². The van der Waals surface area contributed by atoms with Gasteiger partial charge in [0.15, 0.2) is 0 Å². The monoisotopic (exact) mass is 245 g/mol. The third-order valence-corrected chi connectivity index (χ3v) is 3.09. The second kappa shape index (κ2) is 5.18. The Hall–Kier alpha value is -0.270. The van der Waals surface area contributed by atoms with Crippen molar-refractivity contribution in [1.29, 1.82) is 0 Å². The quantitative estimate of drug-likeness (QED) is 0.757. The molecule has 92 valence electrons. The van der Waals surface area contributed by atoms with Gasteiger partial charge < -0.3 is 5.11 Å². The van der Waals surface area contributed by atoms with Crippen molar-refractivity contribution in [2.75, 3.05) is 6.61 Å². The summed E-state index contributed by atoms with van der Waals surface area (Å²) in [5.41, 5.74) is -0.523. The maximum Gasteiger partial charge on any atom is 0.350 e. The Labute approximate surface area is 88.7 Å². The Morgan fingerprint density at radius 1 is 1.33 bits per heavy atom. The van der Waals surface area contributed by atoms with Gasteiger partial charge >= 0.3 is 5.76 Å². The van der Waals surface area contributed by atoms with Crippen molar-refractivity contribution in [2.24, 2.45) is 5.41 Å². The molecule has 1 atom stereocenters. The van der Waals surface area contributed by atoms with Crippen LogP contribution in [-0.2, 0) is 10.0 Å². The highest BCUT2D eigenvalue weighted by Crippen LogP contribution is 2.23. The molecule has 0 aliphatic heterocycles. The molecule has 0 fully saturated rings. The largest absolute Gasteiger partial charge is 0.396 e. The third-order valence-electron chi connectivity index (χ3n) is 2.00. The lowest BCUT2D eigenvalue weighted by atomic mass is 9.86. The SMILES string of the molecule is CC(C)(C)C(CCO)NS(=O)(=O)C(F)F. The van der Waals surface area contributed by atoms with Crippen LogP contribution >= 0.6 is 0 Å². The second-order valence-corrected chi connectivity index (χ2v) is 6.04. The maximum atomic E-state index is 12.1. The third kappa shape index (κ3) is 4.85. The Balaban J connectivity index is 4.71. The first-order valence-corrected chi connectivity index (χ1v) is 6.06.